The van der Waals surface area contributed by atoms with Crippen LogP contribution in [-0.4, -0.2) is 24.4 Å². The highest BCUT2D eigenvalue weighted by Crippen LogP contribution is 2.01. The van der Waals surface area contributed by atoms with Crippen LogP contribution in [0.25, 0.3) is 0 Å². The lowest BCUT2D eigenvalue weighted by atomic mass is 10.1. The molecule has 0 saturated carbocycles. The lowest BCUT2D eigenvalue weighted by Gasteiger charge is -2.07. The van der Waals surface area contributed by atoms with Crippen LogP contribution in [0.1, 0.15) is 46.5 Å². The minimum absolute atomic E-state index is 0.182. The van der Waals surface area contributed by atoms with E-state index in [2.05, 4.69) is 19.2 Å². The summed E-state index contributed by atoms with van der Waals surface area (Å²) in [7, 11) is 0. The van der Waals surface area contributed by atoms with Crippen LogP contribution in [-0.2, 0) is 4.79 Å². The minimum atomic E-state index is -0.288. The Morgan fingerprint density at radius 3 is 2.36 bits per heavy atom. The molecule has 0 amide bonds. The molecule has 3 heteroatoms. The van der Waals surface area contributed by atoms with Gasteiger partial charge in [-0.2, -0.15) is 0 Å². The first-order valence-electron chi connectivity index (χ1n) is 5.55. The molecule has 0 aliphatic heterocycles. The zero-order valence-corrected chi connectivity index (χ0v) is 9.68. The van der Waals surface area contributed by atoms with Gasteiger partial charge in [-0.15, -0.1) is 0 Å². The SMILES string of the molecule is CC(C)NCCCCCC(=O)C(C)N. The predicted molar refractivity (Wildman–Crippen MR) is 60.3 cm³/mol. The number of hydrogen-bond donors (Lipinski definition) is 2. The number of rotatable bonds is 8. The average Bonchev–Trinajstić information content (AvgIpc) is 2.09. The molecule has 3 nitrogen and oxygen atoms in total. The van der Waals surface area contributed by atoms with Gasteiger partial charge in [0.25, 0.3) is 0 Å². The third-order valence-electron chi connectivity index (χ3n) is 2.16. The van der Waals surface area contributed by atoms with E-state index in [9.17, 15) is 4.79 Å². The van der Waals surface area contributed by atoms with Crippen molar-refractivity contribution >= 4 is 5.78 Å². The molecule has 0 aromatic rings. The van der Waals surface area contributed by atoms with Gasteiger partial charge < -0.3 is 11.1 Å². The molecule has 0 aromatic carbocycles. The molecule has 0 aliphatic rings. The van der Waals surface area contributed by atoms with E-state index in [4.69, 9.17) is 5.73 Å². The van der Waals surface area contributed by atoms with E-state index in [0.717, 1.165) is 25.8 Å². The predicted octanol–water partition coefficient (Wildman–Crippen LogP) is 1.46. The molecule has 0 aromatic heterocycles. The number of carbonyl (C=O) groups is 1. The average molecular weight is 200 g/mol. The molecule has 0 aliphatic carbocycles. The number of hydrogen-bond acceptors (Lipinski definition) is 3. The van der Waals surface area contributed by atoms with Gasteiger partial charge in [0.05, 0.1) is 6.04 Å². The monoisotopic (exact) mass is 200 g/mol. The fourth-order valence-corrected chi connectivity index (χ4v) is 1.22. The smallest absolute Gasteiger partial charge is 0.149 e. The van der Waals surface area contributed by atoms with Crippen LogP contribution in [0.5, 0.6) is 0 Å². The minimum Gasteiger partial charge on any atom is -0.322 e. The van der Waals surface area contributed by atoms with Crippen molar-refractivity contribution in [2.45, 2.75) is 58.5 Å². The summed E-state index contributed by atoms with van der Waals surface area (Å²) in [5.74, 6) is 0.182. The Bertz CT molecular complexity index is 155. The Balaban J connectivity index is 3.18. The summed E-state index contributed by atoms with van der Waals surface area (Å²) < 4.78 is 0. The highest BCUT2D eigenvalue weighted by Gasteiger charge is 2.05. The second-order valence-electron chi connectivity index (χ2n) is 4.17. The maximum absolute atomic E-state index is 11.1. The third kappa shape index (κ3) is 8.20. The number of nitrogens with one attached hydrogen (secondary N) is 1. The van der Waals surface area contributed by atoms with Crippen LogP contribution in [0.2, 0.25) is 0 Å². The van der Waals surface area contributed by atoms with Crippen molar-refractivity contribution in [3.8, 4) is 0 Å². The summed E-state index contributed by atoms with van der Waals surface area (Å²) in [6.45, 7) is 7.08. The van der Waals surface area contributed by atoms with Crippen LogP contribution >= 0.6 is 0 Å². The Morgan fingerprint density at radius 1 is 1.21 bits per heavy atom. The Kier molecular flexibility index (Phi) is 7.71. The molecule has 84 valence electrons. The molecule has 1 atom stereocenters. The van der Waals surface area contributed by atoms with Crippen LogP contribution in [0, 0.1) is 0 Å². The van der Waals surface area contributed by atoms with Crippen molar-refractivity contribution < 1.29 is 4.79 Å². The van der Waals surface area contributed by atoms with Crippen molar-refractivity contribution in [1.29, 1.82) is 0 Å². The largest absolute Gasteiger partial charge is 0.322 e. The van der Waals surface area contributed by atoms with Gasteiger partial charge in [-0.05, 0) is 26.3 Å². The molecular weight excluding hydrogens is 176 g/mol. The van der Waals surface area contributed by atoms with Gasteiger partial charge in [-0.3, -0.25) is 4.79 Å². The van der Waals surface area contributed by atoms with Crippen molar-refractivity contribution in [2.75, 3.05) is 6.54 Å². The molecule has 0 saturated heterocycles. The maximum atomic E-state index is 11.1. The molecule has 0 bridgehead atoms. The van der Waals surface area contributed by atoms with Crippen LogP contribution in [0.4, 0.5) is 0 Å². The van der Waals surface area contributed by atoms with Gasteiger partial charge in [-0.25, -0.2) is 0 Å². The standard InChI is InChI=1S/C11H24N2O/c1-9(2)13-8-6-4-5-7-11(14)10(3)12/h9-10,13H,4-8,12H2,1-3H3. The van der Waals surface area contributed by atoms with Crippen molar-refractivity contribution in [3.05, 3.63) is 0 Å². The molecular formula is C11H24N2O. The lowest BCUT2D eigenvalue weighted by molar-refractivity contribution is -0.120. The van der Waals surface area contributed by atoms with Gasteiger partial charge in [0, 0.05) is 12.5 Å². The Morgan fingerprint density at radius 2 is 1.86 bits per heavy atom. The zero-order valence-electron chi connectivity index (χ0n) is 9.68. The molecule has 0 heterocycles. The maximum Gasteiger partial charge on any atom is 0.149 e. The lowest BCUT2D eigenvalue weighted by Crippen LogP contribution is -2.26. The topological polar surface area (TPSA) is 55.1 Å². The van der Waals surface area contributed by atoms with Crippen LogP contribution in [0.3, 0.4) is 0 Å². The van der Waals surface area contributed by atoms with Gasteiger partial charge >= 0.3 is 0 Å². The summed E-state index contributed by atoms with van der Waals surface area (Å²) in [5.41, 5.74) is 5.45. The first-order chi connectivity index (χ1) is 6.54. The number of Topliss-reactive ketones (excluding diaryl/α,β-unsaturated/α-hetero) is 1. The molecule has 3 N–H and O–H groups in total. The molecule has 0 spiro atoms. The Hall–Kier alpha value is -0.410. The first-order valence-corrected chi connectivity index (χ1v) is 5.55. The number of ketones is 1. The van der Waals surface area contributed by atoms with E-state index in [1.54, 1.807) is 6.92 Å². The van der Waals surface area contributed by atoms with Crippen LogP contribution in [0.15, 0.2) is 0 Å². The number of unbranched alkanes of at least 4 members (excludes halogenated alkanes) is 2. The summed E-state index contributed by atoms with van der Waals surface area (Å²) in [6.07, 6.45) is 3.86. The molecule has 0 rings (SSSR count). The molecule has 1 unspecified atom stereocenters. The second kappa shape index (κ2) is 7.94. The van der Waals surface area contributed by atoms with Crippen LogP contribution < -0.4 is 11.1 Å². The highest BCUT2D eigenvalue weighted by molar-refractivity contribution is 5.83. The fourth-order valence-electron chi connectivity index (χ4n) is 1.22. The molecule has 14 heavy (non-hydrogen) atoms. The van der Waals surface area contributed by atoms with E-state index in [0.29, 0.717) is 12.5 Å². The number of carbonyl (C=O) groups excluding carboxylic acids is 1. The summed E-state index contributed by atoms with van der Waals surface area (Å²) in [5, 5.41) is 3.35. The fraction of sp³-hybridized carbons (Fsp3) is 0.909. The quantitative estimate of drug-likeness (QED) is 0.583. The van der Waals surface area contributed by atoms with E-state index in [1.165, 1.54) is 0 Å². The van der Waals surface area contributed by atoms with E-state index in [1.807, 2.05) is 0 Å². The molecule has 0 radical (unpaired) electrons. The second-order valence-corrected chi connectivity index (χ2v) is 4.17. The van der Waals surface area contributed by atoms with E-state index < -0.39 is 0 Å². The third-order valence-corrected chi connectivity index (χ3v) is 2.16. The summed E-state index contributed by atoms with van der Waals surface area (Å²) in [4.78, 5) is 11.1. The highest BCUT2D eigenvalue weighted by atomic mass is 16.1. The van der Waals surface area contributed by atoms with E-state index >= 15 is 0 Å². The normalized spacial score (nSPS) is 13.2. The van der Waals surface area contributed by atoms with Gasteiger partial charge in [0.2, 0.25) is 0 Å². The van der Waals surface area contributed by atoms with Gasteiger partial charge in [0.15, 0.2) is 0 Å². The van der Waals surface area contributed by atoms with Gasteiger partial charge in [-0.1, -0.05) is 20.3 Å². The zero-order chi connectivity index (χ0) is 11.0. The van der Waals surface area contributed by atoms with Crippen molar-refractivity contribution in [1.82, 2.24) is 5.32 Å². The van der Waals surface area contributed by atoms with Crippen molar-refractivity contribution in [3.63, 3.8) is 0 Å². The number of nitrogens with two attached hydrogens (primary N) is 1. The van der Waals surface area contributed by atoms with Gasteiger partial charge in [0.1, 0.15) is 5.78 Å². The Labute approximate surface area is 87.4 Å². The van der Waals surface area contributed by atoms with E-state index in [-0.39, 0.29) is 11.8 Å². The summed E-state index contributed by atoms with van der Waals surface area (Å²) in [6, 6.07) is 0.268. The first kappa shape index (κ1) is 13.6. The molecule has 0 fully saturated rings. The summed E-state index contributed by atoms with van der Waals surface area (Å²) >= 11 is 0. The van der Waals surface area contributed by atoms with Crippen molar-refractivity contribution in [2.24, 2.45) is 5.73 Å².